The Kier molecular flexibility index (Phi) is 17.3. The molecule has 3 amide bonds. The van der Waals surface area contributed by atoms with E-state index < -0.39 is 102 Å². The van der Waals surface area contributed by atoms with Gasteiger partial charge in [0.1, 0.15) is 30.7 Å². The first-order valence-electron chi connectivity index (χ1n) is 24.2. The molecule has 1 N–H and O–H groups in total. The van der Waals surface area contributed by atoms with Gasteiger partial charge in [-0.2, -0.15) is 0 Å². The molecule has 16 nitrogen and oxygen atoms in total. The number of likely N-dealkylation sites (N-methyl/N-ethyl adjacent to an activating group) is 1. The smallest absolute Gasteiger partial charge is 0.419 e. The van der Waals surface area contributed by atoms with Crippen LogP contribution in [0.4, 0.5) is 14.4 Å². The molecule has 376 valence electrons. The van der Waals surface area contributed by atoms with Crippen LogP contribution in [-0.2, 0) is 49.2 Å². The lowest BCUT2D eigenvalue weighted by molar-refractivity contribution is -0.303. The molecule has 18 heteroatoms. The van der Waals surface area contributed by atoms with Gasteiger partial charge >= 0.3 is 24.2 Å². The van der Waals surface area contributed by atoms with Gasteiger partial charge < -0.3 is 38.3 Å². The van der Waals surface area contributed by atoms with Crippen molar-refractivity contribution >= 4 is 53.2 Å². The Morgan fingerprint density at radius 3 is 2.27 bits per heavy atom. The molecule has 4 heterocycles. The minimum atomic E-state index is -1.52. The molecule has 0 aromatic heterocycles. The van der Waals surface area contributed by atoms with Gasteiger partial charge in [-0.3, -0.25) is 19.4 Å². The van der Waals surface area contributed by atoms with Crippen molar-refractivity contribution in [1.29, 1.82) is 0 Å². The number of nitrogens with zero attached hydrogens (tertiary/aromatic N) is 3. The molecular formula is C49H73Cl2N3O13. The lowest BCUT2D eigenvalue weighted by Gasteiger charge is -2.49. The van der Waals surface area contributed by atoms with Gasteiger partial charge in [-0.15, -0.1) is 0 Å². The summed E-state index contributed by atoms with van der Waals surface area (Å²) in [5, 5.41) is 13.0. The standard InChI is InChI=1S/C49H73Cl2N3O13/c1-12-37-49(9)41(53(45(58)67-49)21-20-32-18-19-34(50)35(51)23-32)29(5)38(55)26(2)24-48(8,61-11)42(66-44-39(56)36(22-28(4)63-44)52(10)33-16-14-13-15-17-33)30(6)40(31(7)43(57)64-37)65-47(60)54-27(3)25-62-46(54)59/h18-19,23,26-31,33,36-37,39-42,44,56H,12-17,20-22,24-25H2,1-11H3/t26-,27+,28-,29-,30+,31-,36+,37+,39-,40+,41-,42-,44+,48+,49-/m1/s1. The molecule has 0 bridgehead atoms. The number of aliphatic hydroxyl groups is 1. The lowest BCUT2D eigenvalue weighted by Crippen LogP contribution is -2.62. The second kappa shape index (κ2) is 21.8. The van der Waals surface area contributed by atoms with Gasteiger partial charge in [0, 0.05) is 43.5 Å². The van der Waals surface area contributed by atoms with Gasteiger partial charge in [-0.1, -0.05) is 76.2 Å². The number of fused-ring (bicyclic) bond motifs is 1. The number of Topliss-reactive ketones (excluding diaryl/α,β-unsaturated/α-hetero) is 1. The van der Waals surface area contributed by atoms with Crippen LogP contribution in [0.1, 0.15) is 119 Å². The molecule has 0 unspecified atom stereocenters. The number of hydrogen-bond donors (Lipinski definition) is 1. The van der Waals surface area contributed by atoms with Crippen molar-refractivity contribution in [3.8, 4) is 0 Å². The second-order valence-electron chi connectivity index (χ2n) is 20.3. The lowest BCUT2D eigenvalue weighted by atomic mass is 9.73. The number of benzene rings is 1. The summed E-state index contributed by atoms with van der Waals surface area (Å²) in [6.45, 7) is 15.8. The van der Waals surface area contributed by atoms with Crippen LogP contribution in [0.2, 0.25) is 10.0 Å². The third-order valence-corrected chi connectivity index (χ3v) is 16.2. The third-order valence-electron chi connectivity index (χ3n) is 15.5. The Bertz CT molecular complexity index is 1960. The van der Waals surface area contributed by atoms with E-state index >= 15 is 4.79 Å². The van der Waals surface area contributed by atoms with Gasteiger partial charge in [0.15, 0.2) is 11.9 Å². The highest BCUT2D eigenvalue weighted by molar-refractivity contribution is 6.42. The van der Waals surface area contributed by atoms with E-state index in [2.05, 4.69) is 4.90 Å². The normalized spacial score (nSPS) is 38.3. The monoisotopic (exact) mass is 981 g/mol. The SMILES string of the molecule is CC[C@@H]1OC(=O)[C@H](C)[C@@H](OC(=O)N2C(=O)OC[C@@H]2C)[C@H](C)[C@@H](O[C@@H]2O[C@H](C)C[C@H](N(C)C3CCCCC3)[C@H]2O)[C@@](C)(OC)C[C@@H](C)C(=O)[C@@H](C)[C@H]2N(CCc3ccc(Cl)c(Cl)c3)C(=O)O[C@]12C. The molecule has 1 aromatic carbocycles. The summed E-state index contributed by atoms with van der Waals surface area (Å²) in [6.07, 6.45) is -2.23. The van der Waals surface area contributed by atoms with E-state index in [0.717, 1.165) is 36.1 Å². The summed E-state index contributed by atoms with van der Waals surface area (Å²) in [4.78, 5) is 75.5. The van der Waals surface area contributed by atoms with Crippen LogP contribution in [0, 0.1) is 23.7 Å². The number of hydrogen-bond acceptors (Lipinski definition) is 14. The van der Waals surface area contributed by atoms with Gasteiger partial charge in [-0.25, -0.2) is 19.3 Å². The van der Waals surface area contributed by atoms with Crippen molar-refractivity contribution in [2.45, 2.75) is 192 Å². The molecule has 6 rings (SSSR count). The van der Waals surface area contributed by atoms with E-state index in [1.165, 1.54) is 18.4 Å². The summed E-state index contributed by atoms with van der Waals surface area (Å²) in [7, 11) is 3.53. The van der Waals surface area contributed by atoms with Crippen LogP contribution in [0.25, 0.3) is 0 Å². The van der Waals surface area contributed by atoms with E-state index in [9.17, 15) is 24.3 Å². The Labute approximate surface area is 405 Å². The minimum absolute atomic E-state index is 0.0454. The fourth-order valence-electron chi connectivity index (χ4n) is 11.6. The first-order chi connectivity index (χ1) is 31.6. The molecule has 15 atom stereocenters. The number of esters is 1. The van der Waals surface area contributed by atoms with Gasteiger partial charge in [0.05, 0.1) is 45.9 Å². The second-order valence-corrected chi connectivity index (χ2v) is 21.1. The molecular weight excluding hydrogens is 909 g/mol. The minimum Gasteiger partial charge on any atom is -0.458 e. The number of imide groups is 1. The first kappa shape index (κ1) is 53.1. The predicted octanol–water partition coefficient (Wildman–Crippen LogP) is 8.22. The number of cyclic esters (lactones) is 2. The quantitative estimate of drug-likeness (QED) is 0.175. The van der Waals surface area contributed by atoms with Crippen molar-refractivity contribution in [3.05, 3.63) is 33.8 Å². The van der Waals surface area contributed by atoms with Crippen molar-refractivity contribution in [1.82, 2.24) is 14.7 Å². The number of carbonyl (C=O) groups is 5. The highest BCUT2D eigenvalue weighted by atomic mass is 35.5. The Hall–Kier alpha value is -3.25. The maximum absolute atomic E-state index is 15.1. The average Bonchev–Trinajstić information content (AvgIpc) is 3.78. The predicted molar refractivity (Wildman–Crippen MR) is 249 cm³/mol. The van der Waals surface area contributed by atoms with E-state index in [-0.39, 0.29) is 50.0 Å². The van der Waals surface area contributed by atoms with Crippen LogP contribution in [0.5, 0.6) is 0 Å². The molecule has 67 heavy (non-hydrogen) atoms. The highest BCUT2D eigenvalue weighted by Gasteiger charge is 2.61. The number of rotatable bonds is 10. The number of amides is 3. The molecule has 4 aliphatic heterocycles. The Morgan fingerprint density at radius 1 is 0.970 bits per heavy atom. The van der Waals surface area contributed by atoms with Crippen molar-refractivity contribution in [3.63, 3.8) is 0 Å². The summed E-state index contributed by atoms with van der Waals surface area (Å²) in [5.41, 5.74) is -2.10. The highest BCUT2D eigenvalue weighted by Crippen LogP contribution is 2.44. The third kappa shape index (κ3) is 11.1. The first-order valence-corrected chi connectivity index (χ1v) is 24.9. The van der Waals surface area contributed by atoms with Crippen molar-refractivity contribution in [2.24, 2.45) is 23.7 Å². The van der Waals surface area contributed by atoms with Crippen LogP contribution in [0.15, 0.2) is 18.2 Å². The van der Waals surface area contributed by atoms with Crippen molar-refractivity contribution in [2.75, 3.05) is 27.3 Å². The average molecular weight is 983 g/mol. The van der Waals surface area contributed by atoms with Crippen LogP contribution >= 0.6 is 23.2 Å². The van der Waals surface area contributed by atoms with Crippen LogP contribution < -0.4 is 0 Å². The maximum Gasteiger partial charge on any atom is 0.419 e. The molecule has 5 aliphatic rings. The van der Waals surface area contributed by atoms with Crippen LogP contribution in [-0.4, -0.2) is 149 Å². The molecule has 5 fully saturated rings. The fraction of sp³-hybridized carbons (Fsp3) is 0.776. The number of aliphatic hydroxyl groups excluding tert-OH is 1. The topological polar surface area (TPSA) is 180 Å². The molecule has 1 aliphatic carbocycles. The number of ether oxygens (including phenoxy) is 7. The zero-order valence-electron chi connectivity index (χ0n) is 41.0. The van der Waals surface area contributed by atoms with Gasteiger partial charge in [0.2, 0.25) is 0 Å². The van der Waals surface area contributed by atoms with Crippen LogP contribution in [0.3, 0.4) is 0 Å². The fourth-order valence-corrected chi connectivity index (χ4v) is 11.9. The van der Waals surface area contributed by atoms with Gasteiger partial charge in [-0.05, 0) is 97.9 Å². The zero-order valence-corrected chi connectivity index (χ0v) is 42.5. The number of halogens is 2. The summed E-state index contributed by atoms with van der Waals surface area (Å²) >= 11 is 12.6. The largest absolute Gasteiger partial charge is 0.458 e. The zero-order chi connectivity index (χ0) is 49.3. The Morgan fingerprint density at radius 2 is 1.66 bits per heavy atom. The van der Waals surface area contributed by atoms with Crippen molar-refractivity contribution < 1.29 is 62.2 Å². The molecule has 1 aromatic rings. The van der Waals surface area contributed by atoms with Gasteiger partial charge in [0.25, 0.3) is 0 Å². The maximum atomic E-state index is 15.1. The number of methoxy groups -OCH3 is 1. The molecule has 4 saturated heterocycles. The van der Waals surface area contributed by atoms with E-state index in [1.54, 1.807) is 67.5 Å². The number of ketones is 1. The Balaban J connectivity index is 1.42. The molecule has 0 spiro atoms. The van der Waals surface area contributed by atoms with E-state index in [4.69, 9.17) is 56.4 Å². The molecule has 1 saturated carbocycles. The molecule has 0 radical (unpaired) electrons. The summed E-state index contributed by atoms with van der Waals surface area (Å²) in [5.74, 6) is -4.75. The summed E-state index contributed by atoms with van der Waals surface area (Å²) < 4.78 is 43.8. The van der Waals surface area contributed by atoms with E-state index in [1.807, 2.05) is 20.0 Å². The number of carbonyl (C=O) groups excluding carboxylic acids is 5. The summed E-state index contributed by atoms with van der Waals surface area (Å²) in [6, 6.07) is 3.61. The van der Waals surface area contributed by atoms with E-state index in [0.29, 0.717) is 22.9 Å².